The molecular weight excluding hydrogens is 713 g/mol. The first-order chi connectivity index (χ1) is 27.1. The van der Waals surface area contributed by atoms with Crippen molar-refractivity contribution in [1.29, 1.82) is 10.5 Å². The molecule has 0 radical (unpaired) electrons. The van der Waals surface area contributed by atoms with E-state index in [0.717, 1.165) is 53.0 Å². The molecule has 264 valence electrons. The number of nitriles is 2. The number of hydrogen-bond donors (Lipinski definition) is 0. The van der Waals surface area contributed by atoms with Crippen LogP contribution in [0.4, 0.5) is 0 Å². The monoisotopic (exact) mass is 746 g/mol. The molecule has 0 aliphatic heterocycles. The summed E-state index contributed by atoms with van der Waals surface area (Å²) in [5.41, 5.74) is 11.1. The number of hydrogen-bond acceptors (Lipinski definition) is 6. The van der Waals surface area contributed by atoms with Gasteiger partial charge < -0.3 is 9.47 Å². The summed E-state index contributed by atoms with van der Waals surface area (Å²) < 4.78 is 15.6. The van der Waals surface area contributed by atoms with E-state index in [1.54, 1.807) is 0 Å². The molecule has 0 N–H and O–H groups in total. The highest BCUT2D eigenvalue weighted by Crippen LogP contribution is 2.50. The van der Waals surface area contributed by atoms with Crippen molar-refractivity contribution >= 4 is 54.0 Å². The molecule has 0 fully saturated rings. The Morgan fingerprint density at radius 2 is 0.818 bits per heavy atom. The smallest absolute Gasteiger partial charge is 0.123 e. The van der Waals surface area contributed by atoms with E-state index in [9.17, 15) is 0 Å². The fraction of sp³-hybridized carbons (Fsp3) is 0.102. The first-order valence-electron chi connectivity index (χ1n) is 18.4. The Hall–Kier alpha value is -6.44. The average molecular weight is 747 g/mol. The molecule has 0 saturated carbocycles. The zero-order valence-electron chi connectivity index (χ0n) is 29.9. The molecule has 1 aliphatic rings. The minimum atomic E-state index is 0.487. The van der Waals surface area contributed by atoms with Crippen molar-refractivity contribution in [3.8, 4) is 45.9 Å². The molecule has 0 spiro atoms. The Morgan fingerprint density at radius 1 is 0.455 bits per heavy atom. The zero-order valence-corrected chi connectivity index (χ0v) is 31.6. The molecule has 2 heterocycles. The Morgan fingerprint density at radius 3 is 1.20 bits per heavy atom. The van der Waals surface area contributed by atoms with Crippen LogP contribution in [0.2, 0.25) is 0 Å². The fourth-order valence-electron chi connectivity index (χ4n) is 7.61. The van der Waals surface area contributed by atoms with Gasteiger partial charge in [-0.15, -0.1) is 22.7 Å². The molecule has 0 bridgehead atoms. The molecule has 0 saturated heterocycles. The van der Waals surface area contributed by atoms with Crippen LogP contribution in [0, 0.1) is 22.7 Å². The van der Waals surface area contributed by atoms with Gasteiger partial charge in [-0.1, -0.05) is 84.9 Å². The maximum absolute atomic E-state index is 9.17. The van der Waals surface area contributed by atoms with Crippen molar-refractivity contribution in [3.63, 3.8) is 0 Å². The van der Waals surface area contributed by atoms with Crippen molar-refractivity contribution in [2.75, 3.05) is 0 Å². The third-order valence-electron chi connectivity index (χ3n) is 10.3. The quantitative estimate of drug-likeness (QED) is 0.140. The normalized spacial score (nSPS) is 12.5. The van der Waals surface area contributed by atoms with Crippen LogP contribution in [0.15, 0.2) is 146 Å². The lowest BCUT2D eigenvalue weighted by molar-refractivity contribution is 0.309. The van der Waals surface area contributed by atoms with Crippen molar-refractivity contribution in [2.24, 2.45) is 0 Å². The van der Waals surface area contributed by atoms with Crippen molar-refractivity contribution in [1.82, 2.24) is 0 Å². The van der Waals surface area contributed by atoms with Gasteiger partial charge in [-0.2, -0.15) is 10.5 Å². The predicted molar refractivity (Wildman–Crippen MR) is 226 cm³/mol. The summed E-state index contributed by atoms with van der Waals surface area (Å²) in [6, 6.07) is 53.7. The molecule has 55 heavy (non-hydrogen) atoms. The molecule has 0 unspecified atom stereocenters. The largest absolute Gasteiger partial charge is 0.488 e. The van der Waals surface area contributed by atoms with E-state index in [2.05, 4.69) is 84.9 Å². The van der Waals surface area contributed by atoms with Crippen LogP contribution in [-0.2, 0) is 13.2 Å². The summed E-state index contributed by atoms with van der Waals surface area (Å²) in [6.45, 7) is 0.973. The van der Waals surface area contributed by atoms with Crippen LogP contribution in [-0.4, -0.2) is 0 Å². The van der Waals surface area contributed by atoms with Gasteiger partial charge in [0.1, 0.15) is 24.7 Å². The second kappa shape index (κ2) is 15.1. The number of thiophene rings is 2. The van der Waals surface area contributed by atoms with Gasteiger partial charge in [0.2, 0.25) is 0 Å². The van der Waals surface area contributed by atoms with Crippen LogP contribution >= 0.6 is 22.7 Å². The maximum atomic E-state index is 9.17. The molecule has 0 atom stereocenters. The standard InChI is InChI=1S/C49H34N2O2S2/c50-28-32-12-16-34(17-13-32)36-20-24-38(25-21-36)52-30-46-48(42-6-1-3-10-44(42)54-46)40-8-5-9-41(40)49-43-7-2-4-11-45(43)55-47(49)31-53-39-26-22-37(23-27-39)35-18-14-33(29-51)15-19-35/h1-4,6-7,10-27H,5,8-9,30-31H2. The summed E-state index contributed by atoms with van der Waals surface area (Å²) in [4.78, 5) is 2.48. The van der Waals surface area contributed by atoms with Gasteiger partial charge >= 0.3 is 0 Å². The van der Waals surface area contributed by atoms with Crippen molar-refractivity contribution in [3.05, 3.63) is 178 Å². The summed E-state index contributed by atoms with van der Waals surface area (Å²) in [7, 11) is 0. The highest BCUT2D eigenvalue weighted by Gasteiger charge is 2.27. The van der Waals surface area contributed by atoms with Crippen LogP contribution in [0.1, 0.15) is 51.3 Å². The SMILES string of the molecule is N#Cc1ccc(-c2ccc(OCc3sc4ccccc4c3C3=C(c4c(COc5ccc(-c6ccc(C#N)cc6)cc5)sc5ccccc45)CCC3)cc2)cc1. The van der Waals surface area contributed by atoms with Crippen LogP contribution in [0.3, 0.4) is 0 Å². The van der Waals surface area contributed by atoms with Gasteiger partial charge in [0.05, 0.1) is 33.0 Å². The predicted octanol–water partition coefficient (Wildman–Crippen LogP) is 13.4. The number of benzene rings is 6. The van der Waals surface area contributed by atoms with Gasteiger partial charge in [0.15, 0.2) is 0 Å². The number of rotatable bonds is 10. The van der Waals surface area contributed by atoms with Crippen LogP contribution < -0.4 is 9.47 Å². The van der Waals surface area contributed by atoms with E-state index < -0.39 is 0 Å². The van der Waals surface area contributed by atoms with Gasteiger partial charge in [0.25, 0.3) is 0 Å². The topological polar surface area (TPSA) is 66.0 Å². The first kappa shape index (κ1) is 34.3. The van der Waals surface area contributed by atoms with Gasteiger partial charge in [-0.3, -0.25) is 0 Å². The Labute approximate surface area is 328 Å². The molecule has 6 aromatic carbocycles. The highest BCUT2D eigenvalue weighted by atomic mass is 32.1. The van der Waals surface area contributed by atoms with Crippen molar-refractivity contribution < 1.29 is 9.47 Å². The van der Waals surface area contributed by atoms with Gasteiger partial charge in [0, 0.05) is 31.3 Å². The fourth-order valence-corrected chi connectivity index (χ4v) is 9.90. The van der Waals surface area contributed by atoms with Crippen molar-refractivity contribution in [2.45, 2.75) is 32.5 Å². The molecule has 1 aliphatic carbocycles. The number of fused-ring (bicyclic) bond motifs is 2. The van der Waals surface area contributed by atoms with E-state index in [0.29, 0.717) is 24.3 Å². The number of allylic oxidation sites excluding steroid dienone is 2. The van der Waals surface area contributed by atoms with E-state index in [1.807, 2.05) is 95.5 Å². The molecule has 2 aromatic heterocycles. The van der Waals surface area contributed by atoms with Gasteiger partial charge in [-0.25, -0.2) is 0 Å². The molecule has 0 amide bonds. The van der Waals surface area contributed by atoms with E-state index >= 15 is 0 Å². The third-order valence-corrected chi connectivity index (χ3v) is 12.6. The summed E-state index contributed by atoms with van der Waals surface area (Å²) in [5.74, 6) is 1.66. The second-order valence-corrected chi connectivity index (χ2v) is 15.9. The van der Waals surface area contributed by atoms with Crippen LogP contribution in [0.5, 0.6) is 11.5 Å². The molecule has 8 aromatic rings. The lowest BCUT2D eigenvalue weighted by atomic mass is 9.93. The zero-order chi connectivity index (χ0) is 37.1. The van der Waals surface area contributed by atoms with E-state index in [-0.39, 0.29) is 0 Å². The van der Waals surface area contributed by atoms with Crippen LogP contribution in [0.25, 0.3) is 53.6 Å². The number of nitrogens with zero attached hydrogens (tertiary/aromatic N) is 2. The minimum Gasteiger partial charge on any atom is -0.488 e. The first-order valence-corrected chi connectivity index (χ1v) is 20.0. The molecule has 4 nitrogen and oxygen atoms in total. The lowest BCUT2D eigenvalue weighted by Gasteiger charge is -2.14. The van der Waals surface area contributed by atoms with E-state index in [1.165, 1.54) is 52.2 Å². The lowest BCUT2D eigenvalue weighted by Crippen LogP contribution is -1.99. The third kappa shape index (κ3) is 6.91. The molecule has 6 heteroatoms. The minimum absolute atomic E-state index is 0.487. The van der Waals surface area contributed by atoms with Gasteiger partial charge in [-0.05, 0) is 113 Å². The summed E-state index contributed by atoms with van der Waals surface area (Å²) >= 11 is 3.66. The maximum Gasteiger partial charge on any atom is 0.123 e. The Balaban J connectivity index is 1.02. The molecular formula is C49H34N2O2S2. The Kier molecular flexibility index (Phi) is 9.44. The second-order valence-electron chi connectivity index (χ2n) is 13.6. The number of ether oxygens (including phenoxy) is 2. The molecule has 9 rings (SSSR count). The Bertz CT molecular complexity index is 2590. The summed E-state index contributed by atoms with van der Waals surface area (Å²) in [6.07, 6.45) is 3.14. The highest BCUT2D eigenvalue weighted by molar-refractivity contribution is 7.19. The van der Waals surface area contributed by atoms with E-state index in [4.69, 9.17) is 20.0 Å². The average Bonchev–Trinajstić information content (AvgIpc) is 3.97. The summed E-state index contributed by atoms with van der Waals surface area (Å²) in [5, 5.41) is 20.9.